The number of fused-ring (bicyclic) bond motifs is 1. The quantitative estimate of drug-likeness (QED) is 0.899. The van der Waals surface area contributed by atoms with Crippen molar-refractivity contribution in [3.63, 3.8) is 0 Å². The standard InChI is InChI=1S/C14H15BrN4O/c1-19-11(4-5-16)13(15)14(18-19)8-2-3-10-9(6-8)7-12(20)17-10/h2-3,6H,4-5,7,16H2,1H3,(H,17,20). The fraction of sp³-hybridized carbons (Fsp3) is 0.286. The van der Waals surface area contributed by atoms with Gasteiger partial charge in [-0.1, -0.05) is 6.07 Å². The molecule has 0 fully saturated rings. The van der Waals surface area contributed by atoms with Crippen LogP contribution in [0.2, 0.25) is 0 Å². The average Bonchev–Trinajstić information content (AvgIpc) is 2.91. The number of nitrogens with zero attached hydrogens (tertiary/aromatic N) is 2. The number of benzene rings is 1. The van der Waals surface area contributed by atoms with Crippen LogP contribution in [0.3, 0.4) is 0 Å². The van der Waals surface area contributed by atoms with Crippen LogP contribution in [0.4, 0.5) is 5.69 Å². The van der Waals surface area contributed by atoms with E-state index in [1.165, 1.54) is 0 Å². The van der Waals surface area contributed by atoms with Gasteiger partial charge in [0.1, 0.15) is 5.69 Å². The van der Waals surface area contributed by atoms with Crippen molar-refractivity contribution in [1.82, 2.24) is 9.78 Å². The van der Waals surface area contributed by atoms with Crippen LogP contribution in [-0.2, 0) is 24.7 Å². The number of hydrogen-bond acceptors (Lipinski definition) is 3. The molecule has 2 aromatic rings. The van der Waals surface area contributed by atoms with Crippen molar-refractivity contribution in [2.24, 2.45) is 12.8 Å². The van der Waals surface area contributed by atoms with Gasteiger partial charge in [-0.05, 0) is 40.2 Å². The molecule has 0 aliphatic carbocycles. The molecule has 104 valence electrons. The summed E-state index contributed by atoms with van der Waals surface area (Å²) in [7, 11) is 1.91. The molecule has 1 aromatic carbocycles. The van der Waals surface area contributed by atoms with Crippen molar-refractivity contribution >= 4 is 27.5 Å². The van der Waals surface area contributed by atoms with Gasteiger partial charge >= 0.3 is 0 Å². The summed E-state index contributed by atoms with van der Waals surface area (Å²) in [6, 6.07) is 5.93. The van der Waals surface area contributed by atoms with E-state index in [1.807, 2.05) is 29.9 Å². The van der Waals surface area contributed by atoms with Crippen molar-refractivity contribution in [2.45, 2.75) is 12.8 Å². The zero-order chi connectivity index (χ0) is 14.3. The van der Waals surface area contributed by atoms with Gasteiger partial charge in [0.2, 0.25) is 5.91 Å². The second kappa shape index (κ2) is 5.03. The lowest BCUT2D eigenvalue weighted by Gasteiger charge is -2.02. The molecule has 0 saturated heterocycles. The number of rotatable bonds is 3. The third kappa shape index (κ3) is 2.14. The van der Waals surface area contributed by atoms with Crippen LogP contribution in [0.15, 0.2) is 22.7 Å². The molecule has 6 heteroatoms. The SMILES string of the molecule is Cn1nc(-c2ccc3c(c2)CC(=O)N3)c(Br)c1CCN. The predicted molar refractivity (Wildman–Crippen MR) is 81.4 cm³/mol. The van der Waals surface area contributed by atoms with Gasteiger partial charge in [0, 0.05) is 24.7 Å². The fourth-order valence-electron chi connectivity index (χ4n) is 2.50. The molecule has 0 saturated carbocycles. The van der Waals surface area contributed by atoms with Crippen LogP contribution in [0.25, 0.3) is 11.3 Å². The van der Waals surface area contributed by atoms with Crippen LogP contribution < -0.4 is 11.1 Å². The van der Waals surface area contributed by atoms with Gasteiger partial charge in [-0.15, -0.1) is 0 Å². The Labute approximate surface area is 125 Å². The Balaban J connectivity index is 2.04. The van der Waals surface area contributed by atoms with Crippen molar-refractivity contribution in [2.75, 3.05) is 11.9 Å². The minimum atomic E-state index is 0.0426. The summed E-state index contributed by atoms with van der Waals surface area (Å²) in [4.78, 5) is 11.4. The van der Waals surface area contributed by atoms with E-state index in [2.05, 4.69) is 26.3 Å². The molecular weight excluding hydrogens is 320 g/mol. The van der Waals surface area contributed by atoms with E-state index < -0.39 is 0 Å². The van der Waals surface area contributed by atoms with E-state index in [1.54, 1.807) is 0 Å². The number of amides is 1. The summed E-state index contributed by atoms with van der Waals surface area (Å²) in [5, 5.41) is 7.39. The summed E-state index contributed by atoms with van der Waals surface area (Å²) in [6.45, 7) is 0.584. The number of aryl methyl sites for hydroxylation is 1. The largest absolute Gasteiger partial charge is 0.330 e. The lowest BCUT2D eigenvalue weighted by Crippen LogP contribution is -2.07. The van der Waals surface area contributed by atoms with Crippen molar-refractivity contribution in [3.05, 3.63) is 33.9 Å². The molecule has 20 heavy (non-hydrogen) atoms. The Morgan fingerprint density at radius 1 is 1.50 bits per heavy atom. The number of nitrogens with one attached hydrogen (secondary N) is 1. The average molecular weight is 335 g/mol. The molecule has 2 heterocycles. The molecular formula is C14H15BrN4O. The molecule has 1 aromatic heterocycles. The Morgan fingerprint density at radius 2 is 2.30 bits per heavy atom. The van der Waals surface area contributed by atoms with E-state index >= 15 is 0 Å². The maximum atomic E-state index is 11.4. The molecule has 0 spiro atoms. The van der Waals surface area contributed by atoms with E-state index in [0.717, 1.165) is 39.1 Å². The molecule has 1 aliphatic rings. The van der Waals surface area contributed by atoms with Gasteiger partial charge < -0.3 is 11.1 Å². The highest BCUT2D eigenvalue weighted by Gasteiger charge is 2.20. The van der Waals surface area contributed by atoms with Gasteiger partial charge in [-0.3, -0.25) is 9.48 Å². The molecule has 0 bridgehead atoms. The Kier molecular flexibility index (Phi) is 3.35. The minimum Gasteiger partial charge on any atom is -0.330 e. The number of halogens is 1. The van der Waals surface area contributed by atoms with E-state index in [-0.39, 0.29) is 5.91 Å². The van der Waals surface area contributed by atoms with Crippen molar-refractivity contribution < 1.29 is 4.79 Å². The highest BCUT2D eigenvalue weighted by atomic mass is 79.9. The zero-order valence-electron chi connectivity index (χ0n) is 11.1. The van der Waals surface area contributed by atoms with E-state index in [9.17, 15) is 4.79 Å². The number of carbonyl (C=O) groups excluding carboxylic acids is 1. The summed E-state index contributed by atoms with van der Waals surface area (Å²) < 4.78 is 2.82. The van der Waals surface area contributed by atoms with E-state index in [0.29, 0.717) is 13.0 Å². The molecule has 1 amide bonds. The summed E-state index contributed by atoms with van der Waals surface area (Å²) in [5.41, 5.74) is 10.5. The second-order valence-electron chi connectivity index (χ2n) is 4.87. The summed E-state index contributed by atoms with van der Waals surface area (Å²) in [6.07, 6.45) is 1.21. The van der Waals surface area contributed by atoms with Crippen molar-refractivity contribution in [1.29, 1.82) is 0 Å². The van der Waals surface area contributed by atoms with Gasteiger partial charge in [0.25, 0.3) is 0 Å². The maximum absolute atomic E-state index is 11.4. The third-order valence-electron chi connectivity index (χ3n) is 3.49. The summed E-state index contributed by atoms with van der Waals surface area (Å²) in [5.74, 6) is 0.0426. The number of aromatic nitrogens is 2. The van der Waals surface area contributed by atoms with Crippen molar-refractivity contribution in [3.8, 4) is 11.3 Å². The lowest BCUT2D eigenvalue weighted by atomic mass is 10.1. The molecule has 1 aliphatic heterocycles. The molecule has 0 radical (unpaired) electrons. The molecule has 3 rings (SSSR count). The minimum absolute atomic E-state index is 0.0426. The van der Waals surface area contributed by atoms with Crippen LogP contribution in [0, 0.1) is 0 Å². The highest BCUT2D eigenvalue weighted by molar-refractivity contribution is 9.10. The predicted octanol–water partition coefficient (Wildman–Crippen LogP) is 1.85. The molecule has 5 nitrogen and oxygen atoms in total. The van der Waals surface area contributed by atoms with Gasteiger partial charge in [-0.2, -0.15) is 5.10 Å². The van der Waals surface area contributed by atoms with Gasteiger partial charge in [0.05, 0.1) is 16.6 Å². The van der Waals surface area contributed by atoms with Crippen LogP contribution in [-0.4, -0.2) is 22.2 Å². The zero-order valence-corrected chi connectivity index (χ0v) is 12.7. The Bertz CT molecular complexity index is 693. The molecule has 3 N–H and O–H groups in total. The first-order valence-electron chi connectivity index (χ1n) is 6.44. The third-order valence-corrected chi connectivity index (χ3v) is 4.32. The lowest BCUT2D eigenvalue weighted by molar-refractivity contribution is -0.115. The van der Waals surface area contributed by atoms with Crippen LogP contribution >= 0.6 is 15.9 Å². The monoisotopic (exact) mass is 334 g/mol. The molecule has 0 atom stereocenters. The first-order chi connectivity index (χ1) is 9.60. The normalized spacial score (nSPS) is 13.4. The highest BCUT2D eigenvalue weighted by Crippen LogP contribution is 2.33. The number of anilines is 1. The van der Waals surface area contributed by atoms with Crippen LogP contribution in [0.5, 0.6) is 0 Å². The topological polar surface area (TPSA) is 72.9 Å². The Morgan fingerprint density at radius 3 is 3.05 bits per heavy atom. The van der Waals surface area contributed by atoms with E-state index in [4.69, 9.17) is 5.73 Å². The second-order valence-corrected chi connectivity index (χ2v) is 5.66. The number of nitrogens with two attached hydrogens (primary N) is 1. The number of carbonyl (C=O) groups is 1. The summed E-state index contributed by atoms with van der Waals surface area (Å²) >= 11 is 3.61. The smallest absolute Gasteiger partial charge is 0.228 e. The van der Waals surface area contributed by atoms with Crippen LogP contribution in [0.1, 0.15) is 11.3 Å². The Hall–Kier alpha value is -1.66. The fourth-order valence-corrected chi connectivity index (χ4v) is 3.27. The first-order valence-corrected chi connectivity index (χ1v) is 7.24. The van der Waals surface area contributed by atoms with Gasteiger partial charge in [0.15, 0.2) is 0 Å². The van der Waals surface area contributed by atoms with Gasteiger partial charge in [-0.25, -0.2) is 0 Å². The number of hydrogen-bond donors (Lipinski definition) is 2. The maximum Gasteiger partial charge on any atom is 0.228 e. The molecule has 0 unspecified atom stereocenters. The first kappa shape index (κ1) is 13.3.